The van der Waals surface area contributed by atoms with E-state index in [0.29, 0.717) is 0 Å². The van der Waals surface area contributed by atoms with Gasteiger partial charge in [-0.3, -0.25) is 0 Å². The van der Waals surface area contributed by atoms with Crippen molar-refractivity contribution < 1.29 is 17.0 Å². The lowest BCUT2D eigenvalue weighted by Crippen LogP contribution is -3.00. The van der Waals surface area contributed by atoms with Crippen molar-refractivity contribution in [2.75, 3.05) is 0 Å². The van der Waals surface area contributed by atoms with Gasteiger partial charge in [0.15, 0.2) is 5.69 Å². The van der Waals surface area contributed by atoms with E-state index in [9.17, 15) is 0 Å². The average molecular weight is 339 g/mol. The molecule has 0 fully saturated rings. The van der Waals surface area contributed by atoms with Gasteiger partial charge in [0.1, 0.15) is 12.7 Å². The van der Waals surface area contributed by atoms with E-state index in [4.69, 9.17) is 0 Å². The van der Waals surface area contributed by atoms with Crippen molar-refractivity contribution in [2.24, 2.45) is 0 Å². The summed E-state index contributed by atoms with van der Waals surface area (Å²) in [6.07, 6.45) is 4.76. The minimum absolute atomic E-state index is 0. The minimum atomic E-state index is 0. The fraction of sp³-hybridized carbons (Fsp3) is 0.286. The molecule has 0 aliphatic carbocycles. The number of benzene rings is 2. The molecule has 0 atom stereocenters. The Kier molecular flexibility index (Phi) is 4.77. The molecule has 2 heterocycles. The van der Waals surface area contributed by atoms with Gasteiger partial charge >= 0.3 is 0 Å². The molecule has 1 aromatic heterocycles. The van der Waals surface area contributed by atoms with Crippen LogP contribution in [0.1, 0.15) is 28.9 Å². The molecule has 1 aliphatic heterocycles. The second-order valence-corrected chi connectivity index (χ2v) is 6.67. The van der Waals surface area contributed by atoms with Crippen LogP contribution in [-0.2, 0) is 19.5 Å². The van der Waals surface area contributed by atoms with Crippen LogP contribution in [0.2, 0.25) is 0 Å². The summed E-state index contributed by atoms with van der Waals surface area (Å²) in [4.78, 5) is 0. The van der Waals surface area contributed by atoms with E-state index in [1.165, 1.54) is 46.6 Å². The first kappa shape index (κ1) is 16.8. The number of hydrogen-bond donors (Lipinski definition) is 0. The van der Waals surface area contributed by atoms with Gasteiger partial charge in [-0.05, 0) is 25.8 Å². The summed E-state index contributed by atoms with van der Waals surface area (Å²) in [7, 11) is 0. The maximum absolute atomic E-state index is 2.50. The second kappa shape index (κ2) is 6.82. The first-order valence-corrected chi connectivity index (χ1v) is 8.45. The Hall–Kier alpha value is -2.06. The maximum Gasteiger partial charge on any atom is 0.257 e. The van der Waals surface area contributed by atoms with Gasteiger partial charge in [0, 0.05) is 5.56 Å². The number of halogens is 1. The van der Waals surface area contributed by atoms with Gasteiger partial charge < -0.3 is 12.4 Å². The summed E-state index contributed by atoms with van der Waals surface area (Å²) in [5.41, 5.74) is 6.68. The Balaban J connectivity index is 0.00000169. The smallest absolute Gasteiger partial charge is 0.257 e. The molecule has 0 saturated carbocycles. The Labute approximate surface area is 150 Å². The normalized spacial score (nSPS) is 12.8. The van der Waals surface area contributed by atoms with Crippen LogP contribution in [0.5, 0.6) is 0 Å². The number of hydrogen-bond acceptors (Lipinski definition) is 0. The lowest BCUT2D eigenvalue weighted by molar-refractivity contribution is -0.694. The molecular weight excluding hydrogens is 316 g/mol. The molecule has 0 radical (unpaired) electrons. The highest BCUT2D eigenvalue weighted by Crippen LogP contribution is 2.25. The van der Waals surface area contributed by atoms with Crippen LogP contribution in [0.4, 0.5) is 0 Å². The predicted octanol–water partition coefficient (Wildman–Crippen LogP) is 1.06. The molecule has 0 bridgehead atoms. The Morgan fingerprint density at radius 2 is 1.54 bits per heavy atom. The zero-order valence-electron chi connectivity index (χ0n) is 14.3. The topological polar surface area (TPSA) is 8.81 Å². The third-order valence-corrected chi connectivity index (χ3v) is 4.81. The van der Waals surface area contributed by atoms with Crippen LogP contribution < -0.4 is 17.0 Å². The molecule has 3 heteroatoms. The van der Waals surface area contributed by atoms with Crippen LogP contribution in [0.25, 0.3) is 11.3 Å². The van der Waals surface area contributed by atoms with E-state index < -0.39 is 0 Å². The molecule has 2 nitrogen and oxygen atoms in total. The highest BCUT2D eigenvalue weighted by atomic mass is 35.5. The zero-order valence-corrected chi connectivity index (χ0v) is 15.1. The van der Waals surface area contributed by atoms with Crippen molar-refractivity contribution in [2.45, 2.75) is 39.8 Å². The van der Waals surface area contributed by atoms with E-state index in [-0.39, 0.29) is 12.4 Å². The van der Waals surface area contributed by atoms with Crippen molar-refractivity contribution >= 4 is 0 Å². The van der Waals surface area contributed by atoms with E-state index in [0.717, 1.165) is 13.1 Å². The van der Waals surface area contributed by atoms with E-state index in [1.807, 2.05) is 0 Å². The third kappa shape index (κ3) is 3.11. The molecule has 1 aliphatic rings. The molecule has 4 rings (SSSR count). The van der Waals surface area contributed by atoms with Crippen LogP contribution >= 0.6 is 0 Å². The van der Waals surface area contributed by atoms with Crippen LogP contribution in [-0.4, -0.2) is 4.57 Å². The molecule has 2 aromatic carbocycles. The summed E-state index contributed by atoms with van der Waals surface area (Å²) in [5, 5.41) is 0. The fourth-order valence-electron chi connectivity index (χ4n) is 3.49. The van der Waals surface area contributed by atoms with Crippen LogP contribution in [0.15, 0.2) is 54.7 Å². The number of nitrogens with zero attached hydrogens (tertiary/aromatic N) is 2. The van der Waals surface area contributed by atoms with Crippen LogP contribution in [0, 0.1) is 13.8 Å². The number of aryl methyl sites for hydroxylation is 2. The summed E-state index contributed by atoms with van der Waals surface area (Å²) >= 11 is 0. The number of rotatable bonds is 3. The molecule has 24 heavy (non-hydrogen) atoms. The second-order valence-electron chi connectivity index (χ2n) is 6.67. The summed E-state index contributed by atoms with van der Waals surface area (Å²) in [6, 6.07) is 17.8. The third-order valence-electron chi connectivity index (χ3n) is 4.81. The first-order valence-electron chi connectivity index (χ1n) is 8.45. The minimum Gasteiger partial charge on any atom is -1.00 e. The predicted molar refractivity (Wildman–Crippen MR) is 93.4 cm³/mol. The Bertz CT molecular complexity index is 830. The molecule has 0 saturated heterocycles. The highest BCUT2D eigenvalue weighted by Gasteiger charge is 2.28. The fourth-order valence-corrected chi connectivity index (χ4v) is 3.49. The van der Waals surface area contributed by atoms with Crippen molar-refractivity contribution in [1.29, 1.82) is 0 Å². The molecule has 0 unspecified atom stereocenters. The molecule has 0 amide bonds. The average Bonchev–Trinajstić information content (AvgIpc) is 3.14. The van der Waals surface area contributed by atoms with Gasteiger partial charge in [-0.15, -0.1) is 0 Å². The van der Waals surface area contributed by atoms with E-state index >= 15 is 0 Å². The van der Waals surface area contributed by atoms with Crippen molar-refractivity contribution in [3.63, 3.8) is 0 Å². The lowest BCUT2D eigenvalue weighted by Gasteiger charge is -2.00. The summed E-state index contributed by atoms with van der Waals surface area (Å²) in [6.45, 7) is 6.38. The van der Waals surface area contributed by atoms with Gasteiger partial charge in [-0.25, -0.2) is 9.13 Å². The number of fused-ring (bicyclic) bond motifs is 1. The Morgan fingerprint density at radius 1 is 0.917 bits per heavy atom. The molecule has 0 N–H and O–H groups in total. The lowest BCUT2D eigenvalue weighted by atomic mass is 10.1. The Morgan fingerprint density at radius 3 is 2.21 bits per heavy atom. The maximum atomic E-state index is 2.50. The van der Waals surface area contributed by atoms with Crippen molar-refractivity contribution in [1.82, 2.24) is 4.57 Å². The highest BCUT2D eigenvalue weighted by molar-refractivity contribution is 5.59. The number of aromatic nitrogens is 2. The van der Waals surface area contributed by atoms with Gasteiger partial charge in [0.25, 0.3) is 5.82 Å². The van der Waals surface area contributed by atoms with Crippen molar-refractivity contribution in [3.05, 3.63) is 77.2 Å². The van der Waals surface area contributed by atoms with Gasteiger partial charge in [0.2, 0.25) is 0 Å². The number of imidazole rings is 1. The van der Waals surface area contributed by atoms with Gasteiger partial charge in [-0.1, -0.05) is 59.7 Å². The molecule has 0 spiro atoms. The summed E-state index contributed by atoms with van der Waals surface area (Å²) < 4.78 is 4.94. The first-order chi connectivity index (χ1) is 11.2. The SMILES string of the molecule is Cc1ccc(C[n+]2cc(-c3ccc(C)cc3)n3c2CCC3)cc1.[Cl-]. The van der Waals surface area contributed by atoms with E-state index in [1.54, 1.807) is 0 Å². The molecule has 124 valence electrons. The van der Waals surface area contributed by atoms with Crippen molar-refractivity contribution in [3.8, 4) is 11.3 Å². The largest absolute Gasteiger partial charge is 1.00 e. The van der Waals surface area contributed by atoms with E-state index in [2.05, 4.69) is 77.7 Å². The zero-order chi connectivity index (χ0) is 15.8. The monoisotopic (exact) mass is 338 g/mol. The molecular formula is C21H23ClN2. The molecule has 3 aromatic rings. The summed E-state index contributed by atoms with van der Waals surface area (Å²) in [5.74, 6) is 1.46. The van der Waals surface area contributed by atoms with Gasteiger partial charge in [0.05, 0.1) is 13.0 Å². The standard InChI is InChI=1S/C21H23N2.ClH/c1-16-5-9-18(10-6-16)14-22-15-20(23-13-3-4-21(22)23)19-11-7-17(2)8-12-19;/h5-12,15H,3-4,13-14H2,1-2H3;1H/q+1;/p-1. The van der Waals surface area contributed by atoms with Crippen LogP contribution in [0.3, 0.4) is 0 Å². The van der Waals surface area contributed by atoms with Gasteiger partial charge in [-0.2, -0.15) is 0 Å². The quantitative estimate of drug-likeness (QED) is 0.631.